The zero-order valence-electron chi connectivity index (χ0n) is 14.8. The molecule has 0 aromatic heterocycles. The van der Waals surface area contributed by atoms with Crippen LogP contribution in [0.4, 0.5) is 5.69 Å². The van der Waals surface area contributed by atoms with Gasteiger partial charge in [-0.3, -0.25) is 4.99 Å². The monoisotopic (exact) mass is 406 g/mol. The molecule has 1 fully saturated rings. The molecule has 0 bridgehead atoms. The first-order valence-corrected chi connectivity index (χ1v) is 9.77. The van der Waals surface area contributed by atoms with Crippen LogP contribution in [0.25, 0.3) is 0 Å². The summed E-state index contributed by atoms with van der Waals surface area (Å²) in [5.41, 5.74) is 2.76. The molecule has 2 aliphatic rings. The molecular weight excluding hydrogens is 380 g/mol. The van der Waals surface area contributed by atoms with E-state index in [9.17, 15) is 0 Å². The number of benzene rings is 1. The Morgan fingerprint density at radius 2 is 2.20 bits per heavy atom. The lowest BCUT2D eigenvalue weighted by Crippen LogP contribution is -2.45. The van der Waals surface area contributed by atoms with E-state index in [0.717, 1.165) is 62.5 Å². The Hall–Kier alpha value is -1.53. The minimum atomic E-state index is 0.428. The Kier molecular flexibility index (Phi) is 6.76. The van der Waals surface area contributed by atoms with Crippen LogP contribution in [0.5, 0.6) is 0 Å². The van der Waals surface area contributed by atoms with Crippen molar-refractivity contribution in [1.29, 1.82) is 0 Å². The van der Waals surface area contributed by atoms with E-state index in [1.807, 2.05) is 7.05 Å². The maximum Gasteiger partial charge on any atom is 0.191 e. The minimum absolute atomic E-state index is 0.428. The molecule has 3 rings (SSSR count). The highest BCUT2D eigenvalue weighted by atomic mass is 79.9. The van der Waals surface area contributed by atoms with Crippen molar-refractivity contribution in [3.8, 4) is 0 Å². The lowest BCUT2D eigenvalue weighted by molar-refractivity contribution is 0.153. The fraction of sp³-hybridized carbons (Fsp3) is 0.526. The summed E-state index contributed by atoms with van der Waals surface area (Å²) < 4.78 is 6.47. The number of nitrogens with one attached hydrogen (secondary N) is 2. The van der Waals surface area contributed by atoms with Crippen molar-refractivity contribution >= 4 is 27.6 Å². The quantitative estimate of drug-likeness (QED) is 0.448. The van der Waals surface area contributed by atoms with Crippen LogP contribution in [0.15, 0.2) is 45.4 Å². The Bertz CT molecular complexity index is 614. The van der Waals surface area contributed by atoms with Gasteiger partial charge in [-0.2, -0.15) is 0 Å². The zero-order chi connectivity index (χ0) is 17.5. The van der Waals surface area contributed by atoms with Crippen molar-refractivity contribution in [1.82, 2.24) is 10.6 Å². The van der Waals surface area contributed by atoms with Gasteiger partial charge >= 0.3 is 0 Å². The van der Waals surface area contributed by atoms with Crippen molar-refractivity contribution in [2.75, 3.05) is 44.8 Å². The van der Waals surface area contributed by atoms with Gasteiger partial charge in [-0.15, -0.1) is 0 Å². The molecule has 0 amide bonds. The Labute approximate surface area is 158 Å². The van der Waals surface area contributed by atoms with Gasteiger partial charge in [0.15, 0.2) is 5.96 Å². The van der Waals surface area contributed by atoms with Gasteiger partial charge in [0.05, 0.1) is 13.2 Å². The third-order valence-electron chi connectivity index (χ3n) is 4.74. The molecule has 136 valence electrons. The van der Waals surface area contributed by atoms with E-state index >= 15 is 0 Å². The second-order valence-corrected chi connectivity index (χ2v) is 7.40. The van der Waals surface area contributed by atoms with E-state index in [-0.39, 0.29) is 0 Å². The van der Waals surface area contributed by atoms with Gasteiger partial charge in [0.1, 0.15) is 0 Å². The van der Waals surface area contributed by atoms with E-state index in [1.165, 1.54) is 11.3 Å². The molecular formula is C19H27BrN4O. The Balaban J connectivity index is 1.43. The number of ether oxygens (including phenoxy) is 1. The number of hydrogen-bond acceptors (Lipinski definition) is 3. The minimum Gasteiger partial charge on any atom is -0.377 e. The van der Waals surface area contributed by atoms with E-state index in [1.54, 1.807) is 0 Å². The molecule has 1 atom stereocenters. The zero-order valence-corrected chi connectivity index (χ0v) is 16.4. The number of halogens is 1. The van der Waals surface area contributed by atoms with Crippen LogP contribution in [-0.4, -0.2) is 51.9 Å². The smallest absolute Gasteiger partial charge is 0.191 e. The summed E-state index contributed by atoms with van der Waals surface area (Å²) >= 11 is 3.49. The summed E-state index contributed by atoms with van der Waals surface area (Å²) in [7, 11) is 1.84. The van der Waals surface area contributed by atoms with E-state index in [4.69, 9.17) is 4.74 Å². The van der Waals surface area contributed by atoms with Crippen LogP contribution in [-0.2, 0) is 4.74 Å². The highest BCUT2D eigenvalue weighted by molar-refractivity contribution is 9.10. The van der Waals surface area contributed by atoms with Crippen LogP contribution in [0.2, 0.25) is 0 Å². The lowest BCUT2D eigenvalue weighted by atomic mass is 10.1. The Morgan fingerprint density at radius 1 is 1.36 bits per heavy atom. The van der Waals surface area contributed by atoms with Gasteiger partial charge in [0.25, 0.3) is 0 Å². The number of hydrogen-bond donors (Lipinski definition) is 2. The van der Waals surface area contributed by atoms with Crippen LogP contribution in [0, 0.1) is 0 Å². The second-order valence-electron chi connectivity index (χ2n) is 6.49. The first-order valence-electron chi connectivity index (χ1n) is 8.98. The van der Waals surface area contributed by atoms with E-state index in [0.29, 0.717) is 6.04 Å². The summed E-state index contributed by atoms with van der Waals surface area (Å²) in [5, 5.41) is 7.00. The number of rotatable bonds is 5. The summed E-state index contributed by atoms with van der Waals surface area (Å²) in [6.45, 7) is 4.60. The number of nitrogens with zero attached hydrogens (tertiary/aromatic N) is 2. The largest absolute Gasteiger partial charge is 0.377 e. The summed E-state index contributed by atoms with van der Waals surface area (Å²) in [6.07, 6.45) is 5.44. The third kappa shape index (κ3) is 5.47. The average molecular weight is 407 g/mol. The van der Waals surface area contributed by atoms with Gasteiger partial charge in [0.2, 0.25) is 0 Å². The highest BCUT2D eigenvalue weighted by Gasteiger charge is 2.23. The molecule has 0 spiro atoms. The molecule has 0 saturated carbocycles. The summed E-state index contributed by atoms with van der Waals surface area (Å²) in [6, 6.07) is 8.96. The number of aliphatic imine (C=N–C) groups is 1. The van der Waals surface area contributed by atoms with E-state index in [2.05, 4.69) is 66.8 Å². The predicted octanol–water partition coefficient (Wildman–Crippen LogP) is 2.93. The van der Waals surface area contributed by atoms with Crippen molar-refractivity contribution in [2.45, 2.75) is 25.3 Å². The maximum absolute atomic E-state index is 5.35. The number of guanidine groups is 1. The van der Waals surface area contributed by atoms with Crippen molar-refractivity contribution in [3.05, 3.63) is 40.4 Å². The second kappa shape index (κ2) is 9.25. The fourth-order valence-corrected chi connectivity index (χ4v) is 3.55. The normalized spacial score (nSPS) is 21.2. The predicted molar refractivity (Wildman–Crippen MR) is 107 cm³/mol. The molecule has 1 aromatic rings. The summed E-state index contributed by atoms with van der Waals surface area (Å²) in [4.78, 5) is 6.79. The molecule has 0 radical (unpaired) electrons. The molecule has 5 nitrogen and oxygen atoms in total. The standard InChI is InChI=1S/C19H27BrN4O/c1-21-19(22-10-6-15-8-12-25-13-9-15)23-17-7-11-24(14-17)18-4-2-16(20)3-5-18/h2-5,8,17H,6-7,9-14H2,1H3,(H2,21,22,23). The molecule has 2 aliphatic heterocycles. The SMILES string of the molecule is CN=C(NCCC1=CCOCC1)NC1CCN(c2ccc(Br)cc2)C1. The van der Waals surface area contributed by atoms with E-state index < -0.39 is 0 Å². The van der Waals surface area contributed by atoms with Gasteiger partial charge in [-0.25, -0.2) is 0 Å². The van der Waals surface area contributed by atoms with Crippen molar-refractivity contribution < 1.29 is 4.74 Å². The first-order chi connectivity index (χ1) is 12.2. The summed E-state index contributed by atoms with van der Waals surface area (Å²) in [5.74, 6) is 0.898. The molecule has 1 saturated heterocycles. The van der Waals surface area contributed by atoms with Crippen molar-refractivity contribution in [3.63, 3.8) is 0 Å². The van der Waals surface area contributed by atoms with Crippen LogP contribution < -0.4 is 15.5 Å². The maximum atomic E-state index is 5.35. The van der Waals surface area contributed by atoms with Crippen molar-refractivity contribution in [2.24, 2.45) is 4.99 Å². The lowest BCUT2D eigenvalue weighted by Gasteiger charge is -2.21. The van der Waals surface area contributed by atoms with Crippen LogP contribution >= 0.6 is 15.9 Å². The van der Waals surface area contributed by atoms with Gasteiger partial charge in [-0.05, 0) is 43.5 Å². The highest BCUT2D eigenvalue weighted by Crippen LogP contribution is 2.22. The molecule has 1 unspecified atom stereocenters. The molecule has 2 N–H and O–H groups in total. The van der Waals surface area contributed by atoms with Crippen LogP contribution in [0.1, 0.15) is 19.3 Å². The molecule has 0 aliphatic carbocycles. The molecule has 25 heavy (non-hydrogen) atoms. The topological polar surface area (TPSA) is 48.9 Å². The van der Waals surface area contributed by atoms with Gasteiger partial charge in [0, 0.05) is 42.9 Å². The fourth-order valence-electron chi connectivity index (χ4n) is 3.29. The average Bonchev–Trinajstić information content (AvgIpc) is 3.11. The number of anilines is 1. The molecule has 1 aromatic carbocycles. The third-order valence-corrected chi connectivity index (χ3v) is 5.27. The molecule has 2 heterocycles. The van der Waals surface area contributed by atoms with Gasteiger partial charge in [-0.1, -0.05) is 27.6 Å². The van der Waals surface area contributed by atoms with Crippen LogP contribution in [0.3, 0.4) is 0 Å². The molecule has 6 heteroatoms. The Morgan fingerprint density at radius 3 is 2.92 bits per heavy atom. The van der Waals surface area contributed by atoms with Gasteiger partial charge < -0.3 is 20.3 Å². The first kappa shape index (κ1) is 18.3.